The van der Waals surface area contributed by atoms with Crippen LogP contribution < -0.4 is 15.2 Å². The van der Waals surface area contributed by atoms with Crippen molar-refractivity contribution in [2.45, 2.75) is 31.8 Å². The minimum absolute atomic E-state index is 0.185. The van der Waals surface area contributed by atoms with E-state index in [1.54, 1.807) is 14.2 Å². The lowest BCUT2D eigenvalue weighted by Gasteiger charge is -2.32. The molecule has 0 aromatic heterocycles. The Morgan fingerprint density at radius 2 is 1.84 bits per heavy atom. The molecule has 4 nitrogen and oxygen atoms in total. The van der Waals surface area contributed by atoms with E-state index in [0.29, 0.717) is 0 Å². The van der Waals surface area contributed by atoms with Gasteiger partial charge in [-0.2, -0.15) is 0 Å². The Morgan fingerprint density at radius 3 is 2.26 bits per heavy atom. The van der Waals surface area contributed by atoms with Crippen molar-refractivity contribution < 1.29 is 9.47 Å². The average Bonchev–Trinajstić information content (AvgIpc) is 2.33. The molecule has 1 atom stereocenters. The molecule has 0 saturated carbocycles. The summed E-state index contributed by atoms with van der Waals surface area (Å²) in [6.07, 6.45) is 0.837. The average molecular weight is 266 g/mol. The number of rotatable bonds is 6. The maximum absolute atomic E-state index is 6.17. The van der Waals surface area contributed by atoms with Crippen molar-refractivity contribution in [3.63, 3.8) is 0 Å². The van der Waals surface area contributed by atoms with Gasteiger partial charge in [0.05, 0.1) is 14.2 Å². The van der Waals surface area contributed by atoms with Crippen molar-refractivity contribution in [1.82, 2.24) is 4.90 Å². The van der Waals surface area contributed by atoms with Crippen LogP contribution >= 0.6 is 0 Å². The van der Waals surface area contributed by atoms with Gasteiger partial charge < -0.3 is 20.1 Å². The van der Waals surface area contributed by atoms with Crippen LogP contribution in [0.3, 0.4) is 0 Å². The number of hydrogen-bond donors (Lipinski definition) is 1. The standard InChI is InChI=1S/C15H26N2O2/c1-15(2,16)10-13(17(3)4)12-9-11(18-5)7-8-14(12)19-6/h7-9,13H,10,16H2,1-6H3. The number of nitrogens with zero attached hydrogens (tertiary/aromatic N) is 1. The molecule has 0 saturated heterocycles. The fraction of sp³-hybridized carbons (Fsp3) is 0.600. The molecule has 4 heteroatoms. The first-order valence-corrected chi connectivity index (χ1v) is 6.45. The van der Waals surface area contributed by atoms with Crippen LogP contribution in [0.5, 0.6) is 11.5 Å². The number of benzene rings is 1. The minimum atomic E-state index is -0.247. The van der Waals surface area contributed by atoms with Gasteiger partial charge in [0.25, 0.3) is 0 Å². The lowest BCUT2D eigenvalue weighted by molar-refractivity contribution is 0.236. The van der Waals surface area contributed by atoms with E-state index in [4.69, 9.17) is 15.2 Å². The second kappa shape index (κ2) is 6.26. The zero-order chi connectivity index (χ0) is 14.6. The predicted molar refractivity (Wildman–Crippen MR) is 78.9 cm³/mol. The smallest absolute Gasteiger partial charge is 0.123 e. The van der Waals surface area contributed by atoms with Crippen molar-refractivity contribution in [1.29, 1.82) is 0 Å². The minimum Gasteiger partial charge on any atom is -0.497 e. The van der Waals surface area contributed by atoms with Gasteiger partial charge in [-0.05, 0) is 52.6 Å². The highest BCUT2D eigenvalue weighted by molar-refractivity contribution is 5.42. The number of ether oxygens (including phenoxy) is 2. The number of methoxy groups -OCH3 is 2. The van der Waals surface area contributed by atoms with E-state index in [1.165, 1.54) is 0 Å². The van der Waals surface area contributed by atoms with Crippen LogP contribution in [0.4, 0.5) is 0 Å². The summed E-state index contributed by atoms with van der Waals surface area (Å²) >= 11 is 0. The first kappa shape index (κ1) is 15.8. The first-order valence-electron chi connectivity index (χ1n) is 6.45. The maximum Gasteiger partial charge on any atom is 0.123 e. The Labute approximate surface area is 116 Å². The third kappa shape index (κ3) is 4.40. The van der Waals surface area contributed by atoms with Crippen molar-refractivity contribution in [2.24, 2.45) is 5.73 Å². The molecule has 1 aromatic carbocycles. The van der Waals surface area contributed by atoms with Gasteiger partial charge in [0.1, 0.15) is 11.5 Å². The van der Waals surface area contributed by atoms with Crippen LogP contribution in [0.1, 0.15) is 31.9 Å². The van der Waals surface area contributed by atoms with Gasteiger partial charge >= 0.3 is 0 Å². The number of hydrogen-bond acceptors (Lipinski definition) is 4. The second-order valence-electron chi connectivity index (χ2n) is 5.78. The lowest BCUT2D eigenvalue weighted by atomic mass is 9.90. The zero-order valence-electron chi connectivity index (χ0n) is 12.9. The van der Waals surface area contributed by atoms with Crippen molar-refractivity contribution in [3.05, 3.63) is 23.8 Å². The summed E-state index contributed by atoms with van der Waals surface area (Å²) in [5.74, 6) is 1.70. The van der Waals surface area contributed by atoms with E-state index in [9.17, 15) is 0 Å². The molecule has 0 aliphatic carbocycles. The molecule has 0 spiro atoms. The van der Waals surface area contributed by atoms with E-state index in [-0.39, 0.29) is 11.6 Å². The largest absolute Gasteiger partial charge is 0.497 e. The fourth-order valence-electron chi connectivity index (χ4n) is 2.17. The van der Waals surface area contributed by atoms with Crippen molar-refractivity contribution >= 4 is 0 Å². The van der Waals surface area contributed by atoms with Gasteiger partial charge in [-0.25, -0.2) is 0 Å². The summed E-state index contributed by atoms with van der Waals surface area (Å²) in [5, 5.41) is 0. The van der Waals surface area contributed by atoms with Gasteiger partial charge in [-0.15, -0.1) is 0 Å². The zero-order valence-corrected chi connectivity index (χ0v) is 12.9. The monoisotopic (exact) mass is 266 g/mol. The number of nitrogens with two attached hydrogens (primary N) is 1. The third-order valence-corrected chi connectivity index (χ3v) is 3.14. The fourth-order valence-corrected chi connectivity index (χ4v) is 2.17. The van der Waals surface area contributed by atoms with Crippen LogP contribution in [-0.2, 0) is 0 Å². The molecule has 0 aliphatic rings. The van der Waals surface area contributed by atoms with Crippen LogP contribution in [-0.4, -0.2) is 38.8 Å². The molecule has 0 bridgehead atoms. The summed E-state index contributed by atoms with van der Waals surface area (Å²) in [4.78, 5) is 2.16. The molecule has 1 rings (SSSR count). The third-order valence-electron chi connectivity index (χ3n) is 3.14. The van der Waals surface area contributed by atoms with Gasteiger partial charge in [-0.3, -0.25) is 0 Å². The molecule has 0 radical (unpaired) electrons. The Kier molecular flexibility index (Phi) is 5.20. The van der Waals surface area contributed by atoms with Crippen molar-refractivity contribution in [3.8, 4) is 11.5 Å². The highest BCUT2D eigenvalue weighted by Gasteiger charge is 2.25. The summed E-state index contributed by atoms with van der Waals surface area (Å²) < 4.78 is 10.8. The summed E-state index contributed by atoms with van der Waals surface area (Å²) in [6, 6.07) is 6.05. The van der Waals surface area contributed by atoms with Crippen LogP contribution in [0, 0.1) is 0 Å². The Bertz CT molecular complexity index is 411. The SMILES string of the molecule is COc1ccc(OC)c(C(CC(C)(C)N)N(C)C)c1. The molecule has 0 fully saturated rings. The summed E-state index contributed by atoms with van der Waals surface area (Å²) in [7, 11) is 7.46. The Balaban J connectivity index is 3.20. The van der Waals surface area contributed by atoms with E-state index in [1.807, 2.05) is 32.0 Å². The predicted octanol–water partition coefficient (Wildman–Crippen LogP) is 2.43. The normalized spacial score (nSPS) is 13.5. The van der Waals surface area contributed by atoms with Crippen LogP contribution in [0.15, 0.2) is 18.2 Å². The molecule has 1 aromatic rings. The summed E-state index contributed by atoms with van der Waals surface area (Å²) in [5.41, 5.74) is 7.03. The molecule has 2 N–H and O–H groups in total. The second-order valence-corrected chi connectivity index (χ2v) is 5.78. The topological polar surface area (TPSA) is 47.7 Å². The molecule has 0 aliphatic heterocycles. The molecular weight excluding hydrogens is 240 g/mol. The van der Waals surface area contributed by atoms with Gasteiger partial charge in [-0.1, -0.05) is 0 Å². The van der Waals surface area contributed by atoms with E-state index >= 15 is 0 Å². The molecule has 0 amide bonds. The van der Waals surface area contributed by atoms with Crippen LogP contribution in [0.25, 0.3) is 0 Å². The lowest BCUT2D eigenvalue weighted by Crippen LogP contribution is -2.37. The Hall–Kier alpha value is -1.26. The van der Waals surface area contributed by atoms with E-state index < -0.39 is 0 Å². The highest BCUT2D eigenvalue weighted by atomic mass is 16.5. The highest BCUT2D eigenvalue weighted by Crippen LogP contribution is 2.35. The van der Waals surface area contributed by atoms with Crippen LogP contribution in [0.2, 0.25) is 0 Å². The molecule has 0 heterocycles. The maximum atomic E-state index is 6.17. The van der Waals surface area contributed by atoms with Crippen molar-refractivity contribution in [2.75, 3.05) is 28.3 Å². The quantitative estimate of drug-likeness (QED) is 0.859. The molecule has 19 heavy (non-hydrogen) atoms. The van der Waals surface area contributed by atoms with Gasteiger partial charge in [0, 0.05) is 17.1 Å². The van der Waals surface area contributed by atoms with E-state index in [2.05, 4.69) is 19.0 Å². The Morgan fingerprint density at radius 1 is 1.21 bits per heavy atom. The summed E-state index contributed by atoms with van der Waals surface area (Å²) in [6.45, 7) is 4.08. The van der Waals surface area contributed by atoms with Gasteiger partial charge in [0.2, 0.25) is 0 Å². The first-order chi connectivity index (χ1) is 8.78. The molecule has 1 unspecified atom stereocenters. The molecule has 108 valence electrons. The van der Waals surface area contributed by atoms with Gasteiger partial charge in [0.15, 0.2) is 0 Å². The molecular formula is C15H26N2O2. The van der Waals surface area contributed by atoms with E-state index in [0.717, 1.165) is 23.5 Å².